The molecule has 5 heteroatoms. The fourth-order valence-corrected chi connectivity index (χ4v) is 1.64. The summed E-state index contributed by atoms with van der Waals surface area (Å²) in [5.74, 6) is -0.889. The summed E-state index contributed by atoms with van der Waals surface area (Å²) < 4.78 is 0. The van der Waals surface area contributed by atoms with Crippen LogP contribution < -0.4 is 11.5 Å². The summed E-state index contributed by atoms with van der Waals surface area (Å²) >= 11 is 0. The second-order valence-corrected chi connectivity index (χ2v) is 4.01. The molecule has 0 amide bonds. The molecule has 17 heavy (non-hydrogen) atoms. The number of rotatable bonds is 6. The molecular formula is C12H19N3O2. The summed E-state index contributed by atoms with van der Waals surface area (Å²) in [6.45, 7) is 0.231. The minimum atomic E-state index is -0.889. The molecule has 0 saturated heterocycles. The number of hydrogen-bond acceptors (Lipinski definition) is 4. The molecule has 0 aliphatic heterocycles. The van der Waals surface area contributed by atoms with Crippen molar-refractivity contribution in [1.82, 2.24) is 4.90 Å². The summed E-state index contributed by atoms with van der Waals surface area (Å²) in [4.78, 5) is 12.8. The topological polar surface area (TPSA) is 92.6 Å². The molecule has 0 radical (unpaired) electrons. The van der Waals surface area contributed by atoms with Gasteiger partial charge in [0.05, 0.1) is 6.17 Å². The van der Waals surface area contributed by atoms with Crippen molar-refractivity contribution in [2.24, 2.45) is 11.5 Å². The lowest BCUT2D eigenvalue weighted by molar-refractivity contribution is -0.143. The van der Waals surface area contributed by atoms with Gasteiger partial charge in [-0.1, -0.05) is 30.3 Å². The quantitative estimate of drug-likeness (QED) is 0.599. The van der Waals surface area contributed by atoms with E-state index in [0.717, 1.165) is 5.56 Å². The molecule has 2 unspecified atom stereocenters. The van der Waals surface area contributed by atoms with Crippen molar-refractivity contribution in [1.29, 1.82) is 0 Å². The molecule has 2 atom stereocenters. The number of benzene rings is 1. The maximum atomic E-state index is 11.2. The molecule has 5 nitrogen and oxygen atoms in total. The lowest BCUT2D eigenvalue weighted by atomic mass is 10.0. The van der Waals surface area contributed by atoms with E-state index in [1.165, 1.54) is 0 Å². The third-order valence-corrected chi connectivity index (χ3v) is 2.81. The van der Waals surface area contributed by atoms with Crippen molar-refractivity contribution in [3.63, 3.8) is 0 Å². The molecule has 0 heterocycles. The number of carboxylic acid groups (broad SMARTS) is 1. The zero-order valence-corrected chi connectivity index (χ0v) is 9.91. The number of aliphatic carboxylic acids is 1. The van der Waals surface area contributed by atoms with Gasteiger partial charge in [0, 0.05) is 6.54 Å². The lowest BCUT2D eigenvalue weighted by Crippen LogP contribution is -2.53. The summed E-state index contributed by atoms with van der Waals surface area (Å²) in [6.07, 6.45) is -0.0276. The number of carbonyl (C=O) groups is 1. The number of nitrogens with two attached hydrogens (primary N) is 2. The van der Waals surface area contributed by atoms with Crippen LogP contribution in [0, 0.1) is 0 Å². The Balaban J connectivity index is 2.77. The van der Waals surface area contributed by atoms with Gasteiger partial charge in [-0.15, -0.1) is 0 Å². The summed E-state index contributed by atoms with van der Waals surface area (Å²) in [7, 11) is 1.68. The van der Waals surface area contributed by atoms with Crippen LogP contribution in [0.2, 0.25) is 0 Å². The average Bonchev–Trinajstić information content (AvgIpc) is 2.35. The third kappa shape index (κ3) is 3.81. The minimum absolute atomic E-state index is 0.231. The van der Waals surface area contributed by atoms with Crippen LogP contribution in [-0.4, -0.2) is 41.8 Å². The Morgan fingerprint density at radius 3 is 2.47 bits per heavy atom. The highest BCUT2D eigenvalue weighted by Gasteiger charge is 2.26. The standard InChI is InChI=1S/C12H19N3O2/c1-15(11(14)8-13)10(12(16)17)7-9-5-3-2-4-6-9/h2-6,10-11H,7-8,13-14H2,1H3,(H,16,17). The monoisotopic (exact) mass is 237 g/mol. The van der Waals surface area contributed by atoms with Crippen LogP contribution in [0.1, 0.15) is 5.56 Å². The Kier molecular flexibility index (Phi) is 5.09. The molecule has 94 valence electrons. The first-order chi connectivity index (χ1) is 8.06. The van der Waals surface area contributed by atoms with Crippen LogP contribution in [0.25, 0.3) is 0 Å². The van der Waals surface area contributed by atoms with Gasteiger partial charge in [-0.05, 0) is 19.0 Å². The van der Waals surface area contributed by atoms with Gasteiger partial charge < -0.3 is 16.6 Å². The average molecular weight is 237 g/mol. The Labute approximate surface area is 101 Å². The van der Waals surface area contributed by atoms with E-state index in [1.807, 2.05) is 30.3 Å². The maximum Gasteiger partial charge on any atom is 0.321 e. The predicted molar refractivity (Wildman–Crippen MR) is 66.4 cm³/mol. The van der Waals surface area contributed by atoms with Gasteiger partial charge in [0.15, 0.2) is 0 Å². The van der Waals surface area contributed by atoms with E-state index in [2.05, 4.69) is 0 Å². The Morgan fingerprint density at radius 1 is 1.41 bits per heavy atom. The summed E-state index contributed by atoms with van der Waals surface area (Å²) in [5.41, 5.74) is 12.2. The molecule has 1 aromatic rings. The fraction of sp³-hybridized carbons (Fsp3) is 0.417. The number of nitrogens with zero attached hydrogens (tertiary/aromatic N) is 1. The predicted octanol–water partition coefficient (Wildman–Crippen LogP) is -0.142. The SMILES string of the molecule is CN(C(N)CN)C(Cc1ccccc1)C(=O)O. The smallest absolute Gasteiger partial charge is 0.321 e. The zero-order chi connectivity index (χ0) is 12.8. The van der Waals surface area contributed by atoms with E-state index in [4.69, 9.17) is 11.5 Å². The number of hydrogen-bond donors (Lipinski definition) is 3. The molecule has 0 spiro atoms. The first-order valence-electron chi connectivity index (χ1n) is 5.50. The van der Waals surface area contributed by atoms with Gasteiger partial charge in [-0.25, -0.2) is 0 Å². The minimum Gasteiger partial charge on any atom is -0.480 e. The van der Waals surface area contributed by atoms with Crippen molar-refractivity contribution in [2.45, 2.75) is 18.6 Å². The van der Waals surface area contributed by atoms with E-state index in [9.17, 15) is 9.90 Å². The molecule has 0 aliphatic carbocycles. The number of carboxylic acids is 1. The Hall–Kier alpha value is -1.43. The van der Waals surface area contributed by atoms with E-state index in [1.54, 1.807) is 11.9 Å². The maximum absolute atomic E-state index is 11.2. The highest BCUT2D eigenvalue weighted by Crippen LogP contribution is 2.09. The van der Waals surface area contributed by atoms with Crippen LogP contribution in [0.15, 0.2) is 30.3 Å². The van der Waals surface area contributed by atoms with Crippen LogP contribution in [0.4, 0.5) is 0 Å². The largest absolute Gasteiger partial charge is 0.480 e. The first-order valence-corrected chi connectivity index (χ1v) is 5.50. The van der Waals surface area contributed by atoms with Gasteiger partial charge in [0.1, 0.15) is 6.04 Å². The van der Waals surface area contributed by atoms with Crippen molar-refractivity contribution < 1.29 is 9.90 Å². The molecule has 0 saturated carbocycles. The van der Waals surface area contributed by atoms with Gasteiger partial charge in [0.2, 0.25) is 0 Å². The highest BCUT2D eigenvalue weighted by atomic mass is 16.4. The molecule has 5 N–H and O–H groups in total. The van der Waals surface area contributed by atoms with Crippen molar-refractivity contribution in [2.75, 3.05) is 13.6 Å². The van der Waals surface area contributed by atoms with E-state index >= 15 is 0 Å². The fourth-order valence-electron chi connectivity index (χ4n) is 1.64. The van der Waals surface area contributed by atoms with Gasteiger partial charge in [0.25, 0.3) is 0 Å². The van der Waals surface area contributed by atoms with Gasteiger partial charge in [-0.3, -0.25) is 9.69 Å². The Bertz CT molecular complexity index is 356. The highest BCUT2D eigenvalue weighted by molar-refractivity contribution is 5.74. The normalized spacial score (nSPS) is 14.6. The lowest BCUT2D eigenvalue weighted by Gasteiger charge is -2.29. The van der Waals surface area contributed by atoms with Crippen LogP contribution >= 0.6 is 0 Å². The van der Waals surface area contributed by atoms with Gasteiger partial charge in [-0.2, -0.15) is 0 Å². The van der Waals surface area contributed by atoms with Crippen LogP contribution in [0.5, 0.6) is 0 Å². The molecule has 0 bridgehead atoms. The van der Waals surface area contributed by atoms with Crippen LogP contribution in [0.3, 0.4) is 0 Å². The molecular weight excluding hydrogens is 218 g/mol. The second-order valence-electron chi connectivity index (χ2n) is 4.01. The summed E-state index contributed by atoms with van der Waals surface area (Å²) in [5, 5.41) is 9.21. The molecule has 0 aromatic heterocycles. The van der Waals surface area contributed by atoms with Crippen LogP contribution in [-0.2, 0) is 11.2 Å². The first kappa shape index (κ1) is 13.6. The second kappa shape index (κ2) is 6.34. The molecule has 0 aliphatic rings. The van der Waals surface area contributed by atoms with Crippen molar-refractivity contribution in [3.8, 4) is 0 Å². The van der Waals surface area contributed by atoms with E-state index < -0.39 is 18.2 Å². The van der Waals surface area contributed by atoms with Crippen molar-refractivity contribution >= 4 is 5.97 Å². The molecule has 1 rings (SSSR count). The summed E-state index contributed by atoms with van der Waals surface area (Å²) in [6, 6.07) is 8.81. The van der Waals surface area contributed by atoms with E-state index in [0.29, 0.717) is 6.42 Å². The number of likely N-dealkylation sites (N-methyl/N-ethyl adjacent to an activating group) is 1. The van der Waals surface area contributed by atoms with Gasteiger partial charge >= 0.3 is 5.97 Å². The third-order valence-electron chi connectivity index (χ3n) is 2.81. The Morgan fingerprint density at radius 2 is 2.00 bits per heavy atom. The zero-order valence-electron chi connectivity index (χ0n) is 9.91. The van der Waals surface area contributed by atoms with E-state index in [-0.39, 0.29) is 6.54 Å². The molecule has 1 aromatic carbocycles. The molecule has 0 fully saturated rings. The van der Waals surface area contributed by atoms with Crippen molar-refractivity contribution in [3.05, 3.63) is 35.9 Å².